The van der Waals surface area contributed by atoms with Gasteiger partial charge in [-0.3, -0.25) is 13.9 Å². The van der Waals surface area contributed by atoms with E-state index in [1.165, 1.54) is 23.1 Å². The van der Waals surface area contributed by atoms with Crippen LogP contribution in [0.3, 0.4) is 0 Å². The van der Waals surface area contributed by atoms with Crippen molar-refractivity contribution in [1.82, 2.24) is 10.2 Å². The zero-order chi connectivity index (χ0) is 29.0. The molecular weight excluding hydrogens is 534 g/mol. The second-order valence-electron chi connectivity index (χ2n) is 10.7. The summed E-state index contributed by atoms with van der Waals surface area (Å²) in [5, 5.41) is 3.27. The Balaban J connectivity index is 2.07. The van der Waals surface area contributed by atoms with Gasteiger partial charge in [0.25, 0.3) is 10.0 Å². The number of aryl methyl sites for hydroxylation is 2. The molecule has 0 aromatic heterocycles. The molecule has 0 spiro atoms. The van der Waals surface area contributed by atoms with Crippen LogP contribution in [0.4, 0.5) is 5.69 Å². The van der Waals surface area contributed by atoms with E-state index in [0.29, 0.717) is 16.3 Å². The fraction of sp³-hybridized carbons (Fsp3) is 0.333. The normalized spacial score (nSPS) is 12.5. The van der Waals surface area contributed by atoms with Gasteiger partial charge in [-0.2, -0.15) is 0 Å². The van der Waals surface area contributed by atoms with Gasteiger partial charge in [0.05, 0.1) is 10.6 Å². The first kappa shape index (κ1) is 30.2. The van der Waals surface area contributed by atoms with Crippen molar-refractivity contribution in [2.75, 3.05) is 10.8 Å². The van der Waals surface area contributed by atoms with Crippen LogP contribution in [0.1, 0.15) is 44.4 Å². The molecule has 3 aromatic rings. The van der Waals surface area contributed by atoms with Gasteiger partial charge in [-0.25, -0.2) is 8.42 Å². The molecule has 208 valence electrons. The fourth-order valence-electron chi connectivity index (χ4n) is 4.15. The van der Waals surface area contributed by atoms with Crippen LogP contribution in [0, 0.1) is 13.8 Å². The maximum atomic E-state index is 14.0. The van der Waals surface area contributed by atoms with E-state index >= 15 is 0 Å². The predicted molar refractivity (Wildman–Crippen MR) is 156 cm³/mol. The number of nitrogens with one attached hydrogen (secondary N) is 1. The van der Waals surface area contributed by atoms with E-state index in [-0.39, 0.29) is 17.3 Å². The smallest absolute Gasteiger partial charge is 0.264 e. The summed E-state index contributed by atoms with van der Waals surface area (Å²) in [5.41, 5.74) is 2.26. The number of sulfonamides is 1. The molecule has 3 aromatic carbocycles. The molecule has 39 heavy (non-hydrogen) atoms. The van der Waals surface area contributed by atoms with Crippen molar-refractivity contribution in [1.29, 1.82) is 0 Å². The summed E-state index contributed by atoms with van der Waals surface area (Å²) in [6.07, 6.45) is 0. The molecule has 1 N–H and O–H groups in total. The highest BCUT2D eigenvalue weighted by molar-refractivity contribution is 7.92. The molecule has 0 aliphatic carbocycles. The van der Waals surface area contributed by atoms with Crippen molar-refractivity contribution in [2.45, 2.75) is 64.6 Å². The minimum atomic E-state index is -4.15. The molecule has 7 nitrogen and oxygen atoms in total. The number of carbonyl (C=O) groups excluding carboxylic acids is 2. The van der Waals surface area contributed by atoms with Gasteiger partial charge in [-0.1, -0.05) is 65.7 Å². The summed E-state index contributed by atoms with van der Waals surface area (Å²) in [6, 6.07) is 19.6. The van der Waals surface area contributed by atoms with Crippen molar-refractivity contribution in [3.63, 3.8) is 0 Å². The SMILES string of the molecule is Cc1cccc(CN(C(=O)CN(c2cc(Cl)ccc2C)S(=O)(=O)c2ccccc2)[C@H](C)C(=O)NC(C)(C)C)c1. The summed E-state index contributed by atoms with van der Waals surface area (Å²) in [4.78, 5) is 28.7. The van der Waals surface area contributed by atoms with Gasteiger partial charge in [0, 0.05) is 17.1 Å². The van der Waals surface area contributed by atoms with Gasteiger partial charge in [-0.15, -0.1) is 0 Å². The monoisotopic (exact) mass is 569 g/mol. The lowest BCUT2D eigenvalue weighted by Gasteiger charge is -2.34. The van der Waals surface area contributed by atoms with E-state index in [9.17, 15) is 18.0 Å². The van der Waals surface area contributed by atoms with Crippen LogP contribution in [0.2, 0.25) is 5.02 Å². The average molecular weight is 570 g/mol. The molecule has 0 saturated heterocycles. The highest BCUT2D eigenvalue weighted by atomic mass is 35.5. The highest BCUT2D eigenvalue weighted by Crippen LogP contribution is 2.30. The molecule has 1 atom stereocenters. The standard InChI is InChI=1S/C30H36ClN3O4S/c1-21-11-10-12-24(17-21)19-33(23(3)29(36)32-30(4,5)6)28(35)20-34(27-18-25(31)16-15-22(27)2)39(37,38)26-13-8-7-9-14-26/h7-18,23H,19-20H2,1-6H3,(H,32,36)/t23-/m1/s1. The van der Waals surface area contributed by atoms with Crippen molar-refractivity contribution in [3.05, 3.63) is 94.5 Å². The minimum Gasteiger partial charge on any atom is -0.350 e. The van der Waals surface area contributed by atoms with E-state index in [1.54, 1.807) is 44.2 Å². The zero-order valence-electron chi connectivity index (χ0n) is 23.2. The molecule has 0 heterocycles. The molecular formula is C30H36ClN3O4S. The highest BCUT2D eigenvalue weighted by Gasteiger charge is 2.34. The molecule has 2 amide bonds. The lowest BCUT2D eigenvalue weighted by atomic mass is 10.1. The van der Waals surface area contributed by atoms with Crippen LogP contribution in [-0.2, 0) is 26.2 Å². The fourth-order valence-corrected chi connectivity index (χ4v) is 5.81. The zero-order valence-corrected chi connectivity index (χ0v) is 24.8. The van der Waals surface area contributed by atoms with Crippen molar-refractivity contribution in [2.24, 2.45) is 0 Å². The largest absolute Gasteiger partial charge is 0.350 e. The van der Waals surface area contributed by atoms with Gasteiger partial charge in [0.1, 0.15) is 12.6 Å². The number of hydrogen-bond donors (Lipinski definition) is 1. The number of hydrogen-bond acceptors (Lipinski definition) is 4. The van der Waals surface area contributed by atoms with Gasteiger partial charge in [-0.05, 0) is 76.9 Å². The van der Waals surface area contributed by atoms with Crippen LogP contribution < -0.4 is 9.62 Å². The molecule has 0 fully saturated rings. The quantitative estimate of drug-likeness (QED) is 0.369. The number of nitrogens with zero attached hydrogens (tertiary/aromatic N) is 2. The number of carbonyl (C=O) groups is 2. The number of benzene rings is 3. The summed E-state index contributed by atoms with van der Waals surface area (Å²) < 4.78 is 28.8. The number of rotatable bonds is 9. The van der Waals surface area contributed by atoms with Crippen molar-refractivity contribution in [3.8, 4) is 0 Å². The van der Waals surface area contributed by atoms with Gasteiger partial charge >= 0.3 is 0 Å². The van der Waals surface area contributed by atoms with Crippen LogP contribution in [0.25, 0.3) is 0 Å². The Morgan fingerprint density at radius 1 is 0.949 bits per heavy atom. The average Bonchev–Trinajstić information content (AvgIpc) is 2.86. The van der Waals surface area contributed by atoms with Crippen LogP contribution >= 0.6 is 11.6 Å². The van der Waals surface area contributed by atoms with Crippen LogP contribution in [0.15, 0.2) is 77.7 Å². The number of halogens is 1. The summed E-state index contributed by atoms with van der Waals surface area (Å²) in [6.45, 7) is 10.6. The topological polar surface area (TPSA) is 86.8 Å². The van der Waals surface area contributed by atoms with E-state index in [0.717, 1.165) is 15.4 Å². The first-order valence-corrected chi connectivity index (χ1v) is 14.5. The van der Waals surface area contributed by atoms with E-state index in [1.807, 2.05) is 52.0 Å². The Morgan fingerprint density at radius 3 is 2.23 bits per heavy atom. The third-order valence-electron chi connectivity index (χ3n) is 6.15. The third kappa shape index (κ3) is 7.83. The minimum absolute atomic E-state index is 0.0425. The van der Waals surface area contributed by atoms with Crippen LogP contribution in [-0.4, -0.2) is 43.3 Å². The second-order valence-corrected chi connectivity index (χ2v) is 13.0. The number of anilines is 1. The predicted octanol–water partition coefficient (Wildman–Crippen LogP) is 5.48. The molecule has 0 aliphatic heterocycles. The number of amides is 2. The molecule has 0 radical (unpaired) electrons. The maximum Gasteiger partial charge on any atom is 0.264 e. The van der Waals surface area contributed by atoms with Gasteiger partial charge in [0.2, 0.25) is 11.8 Å². The summed E-state index contributed by atoms with van der Waals surface area (Å²) >= 11 is 6.26. The van der Waals surface area contributed by atoms with E-state index in [2.05, 4.69) is 5.32 Å². The molecule has 0 unspecified atom stereocenters. The second kappa shape index (κ2) is 12.2. The van der Waals surface area contributed by atoms with E-state index in [4.69, 9.17) is 11.6 Å². The third-order valence-corrected chi connectivity index (χ3v) is 8.16. The first-order chi connectivity index (χ1) is 18.2. The molecule has 9 heteroatoms. The Morgan fingerprint density at radius 2 is 1.62 bits per heavy atom. The van der Waals surface area contributed by atoms with Gasteiger partial charge < -0.3 is 10.2 Å². The Bertz CT molecular complexity index is 1440. The summed E-state index contributed by atoms with van der Waals surface area (Å²) in [5.74, 6) is -0.855. The molecule has 3 rings (SSSR count). The van der Waals surface area contributed by atoms with Crippen molar-refractivity contribution >= 4 is 39.1 Å². The first-order valence-electron chi connectivity index (χ1n) is 12.7. The molecule has 0 aliphatic rings. The molecule has 0 saturated carbocycles. The van der Waals surface area contributed by atoms with E-state index < -0.39 is 34.1 Å². The lowest BCUT2D eigenvalue weighted by molar-refractivity contribution is -0.140. The maximum absolute atomic E-state index is 14.0. The Labute approximate surface area is 236 Å². The molecule has 0 bridgehead atoms. The lowest BCUT2D eigenvalue weighted by Crippen LogP contribution is -2.54. The Kier molecular flexibility index (Phi) is 9.46. The summed E-state index contributed by atoms with van der Waals surface area (Å²) in [7, 11) is -4.15. The Hall–Kier alpha value is -3.36. The van der Waals surface area contributed by atoms with Crippen molar-refractivity contribution < 1.29 is 18.0 Å². The van der Waals surface area contributed by atoms with Gasteiger partial charge in [0.15, 0.2) is 0 Å². The van der Waals surface area contributed by atoms with Crippen LogP contribution in [0.5, 0.6) is 0 Å².